The van der Waals surface area contributed by atoms with Gasteiger partial charge in [0, 0.05) is 5.56 Å². The molecule has 0 radical (unpaired) electrons. The second kappa shape index (κ2) is 12.7. The molecule has 2 heterocycles. The van der Waals surface area contributed by atoms with Crippen molar-refractivity contribution in [3.05, 3.63) is 17.2 Å². The Hall–Kier alpha value is -2.35. The van der Waals surface area contributed by atoms with Crippen molar-refractivity contribution in [1.29, 1.82) is 0 Å². The molecule has 0 spiro atoms. The van der Waals surface area contributed by atoms with Crippen molar-refractivity contribution in [2.75, 3.05) is 19.8 Å². The van der Waals surface area contributed by atoms with Crippen LogP contribution in [0.25, 0.3) is 0 Å². The lowest BCUT2D eigenvalue weighted by Crippen LogP contribution is -2.61. The summed E-state index contributed by atoms with van der Waals surface area (Å²) in [6.45, 7) is -1.06. The molecule has 16 heteroatoms. The van der Waals surface area contributed by atoms with Gasteiger partial charge in [-0.15, -0.1) is 0 Å². The van der Waals surface area contributed by atoms with Gasteiger partial charge < -0.3 is 75.1 Å². The van der Waals surface area contributed by atoms with Gasteiger partial charge in [0.15, 0.2) is 17.6 Å². The maximum absolute atomic E-state index is 11.8. The molecule has 2 aliphatic heterocycles. The average Bonchev–Trinajstić information content (AvgIpc) is 3.12. The Labute approximate surface area is 227 Å². The predicted molar refractivity (Wildman–Crippen MR) is 128 cm³/mol. The molecule has 0 aromatic heterocycles. The molecule has 11 N–H and O–H groups in total. The number of aliphatic hydroxyl groups excluding tert-OH is 6. The summed E-state index contributed by atoms with van der Waals surface area (Å²) in [4.78, 5) is 11.8. The van der Waals surface area contributed by atoms with E-state index < -0.39 is 103 Å². The van der Waals surface area contributed by atoms with E-state index in [1.54, 1.807) is 0 Å². The molecule has 2 saturated heterocycles. The van der Waals surface area contributed by atoms with Gasteiger partial charge in [0.25, 0.3) is 0 Å². The first kappa shape index (κ1) is 32.2. The van der Waals surface area contributed by atoms with Crippen LogP contribution < -0.4 is 4.74 Å². The van der Waals surface area contributed by atoms with Gasteiger partial charge in [-0.3, -0.25) is 0 Å². The quantitative estimate of drug-likeness (QED) is 0.0661. The number of unbranched alkanes of at least 4 members (excludes halogenated alkanes) is 2. The number of aromatic hydroxyl groups is 2. The third-order valence-corrected chi connectivity index (χ3v) is 7.06. The van der Waals surface area contributed by atoms with E-state index in [-0.39, 0.29) is 12.0 Å². The normalized spacial score (nSPS) is 36.1. The summed E-state index contributed by atoms with van der Waals surface area (Å²) in [5.41, 5.74) is -2.95. The Morgan fingerprint density at radius 1 is 1.05 bits per heavy atom. The smallest absolute Gasteiger partial charge is 0.336 e. The van der Waals surface area contributed by atoms with Crippen LogP contribution in [0.1, 0.15) is 42.1 Å². The van der Waals surface area contributed by atoms with Crippen LogP contribution in [0, 0.1) is 0 Å². The fourth-order valence-corrected chi connectivity index (χ4v) is 4.62. The van der Waals surface area contributed by atoms with E-state index in [1.165, 1.54) is 0 Å². The molecule has 0 aliphatic carbocycles. The number of aromatic carboxylic acids is 1. The van der Waals surface area contributed by atoms with E-state index in [4.69, 9.17) is 18.9 Å². The third kappa shape index (κ3) is 5.97. The topological polar surface area (TPSA) is 277 Å². The highest BCUT2D eigenvalue weighted by Gasteiger charge is 2.64. The number of ether oxygens (including phenoxy) is 4. The molecule has 0 saturated carbocycles. The molecular weight excluding hydrogens is 544 g/mol. The average molecular weight is 581 g/mol. The number of carboxylic acid groups (broad SMARTS) is 1. The van der Waals surface area contributed by atoms with E-state index in [1.807, 2.05) is 6.92 Å². The van der Waals surface area contributed by atoms with Gasteiger partial charge in [-0.1, -0.05) is 19.8 Å². The van der Waals surface area contributed by atoms with Crippen molar-refractivity contribution in [1.82, 2.24) is 0 Å². The largest absolute Gasteiger partial charge is 0.504 e. The van der Waals surface area contributed by atoms with Crippen LogP contribution in [0.2, 0.25) is 0 Å². The van der Waals surface area contributed by atoms with Gasteiger partial charge in [0.1, 0.15) is 36.1 Å². The molecule has 2 fully saturated rings. The van der Waals surface area contributed by atoms with Crippen LogP contribution in [0.15, 0.2) is 6.07 Å². The SMILES string of the molecule is CCCCCc1c(C(=O)O)cc(O)c(O)c1OC1OC(COC2(O)OC(CO)C(O)(CO)C2O)C(O)C(O)C1O. The van der Waals surface area contributed by atoms with Gasteiger partial charge >= 0.3 is 11.9 Å². The first-order valence-corrected chi connectivity index (χ1v) is 12.6. The van der Waals surface area contributed by atoms with Crippen molar-refractivity contribution < 1.29 is 79.9 Å². The van der Waals surface area contributed by atoms with Gasteiger partial charge in [0.2, 0.25) is 12.0 Å². The second-order valence-corrected chi connectivity index (χ2v) is 9.78. The van der Waals surface area contributed by atoms with E-state index in [0.717, 1.165) is 12.5 Å². The van der Waals surface area contributed by atoms with E-state index in [2.05, 4.69) is 0 Å². The van der Waals surface area contributed by atoms with Crippen molar-refractivity contribution in [3.8, 4) is 17.2 Å². The minimum Gasteiger partial charge on any atom is -0.504 e. The summed E-state index contributed by atoms with van der Waals surface area (Å²) in [6.07, 6.45) is -11.3. The number of benzene rings is 1. The zero-order valence-electron chi connectivity index (χ0n) is 21.5. The zero-order valence-corrected chi connectivity index (χ0v) is 21.5. The van der Waals surface area contributed by atoms with Gasteiger partial charge in [-0.25, -0.2) is 4.79 Å². The van der Waals surface area contributed by atoms with E-state index >= 15 is 0 Å². The molecule has 3 rings (SSSR count). The number of carboxylic acids is 1. The molecular formula is C24H36O16. The molecule has 9 unspecified atom stereocenters. The third-order valence-electron chi connectivity index (χ3n) is 7.06. The first-order valence-electron chi connectivity index (χ1n) is 12.6. The number of carbonyl (C=O) groups is 1. The molecule has 9 atom stereocenters. The van der Waals surface area contributed by atoms with Gasteiger partial charge in [-0.2, -0.15) is 0 Å². The minimum absolute atomic E-state index is 0.0319. The fraction of sp³-hybridized carbons (Fsp3) is 0.708. The lowest BCUT2D eigenvalue weighted by molar-refractivity contribution is -0.390. The van der Waals surface area contributed by atoms with Crippen LogP contribution in [-0.4, -0.2) is 136 Å². The lowest BCUT2D eigenvalue weighted by atomic mass is 9.93. The number of hydrogen-bond donors (Lipinski definition) is 11. The maximum Gasteiger partial charge on any atom is 0.336 e. The van der Waals surface area contributed by atoms with Crippen molar-refractivity contribution in [2.24, 2.45) is 0 Å². The number of hydrogen-bond acceptors (Lipinski definition) is 15. The Kier molecular flexibility index (Phi) is 10.2. The highest BCUT2D eigenvalue weighted by molar-refractivity contribution is 5.91. The number of phenolic OH excluding ortho intramolecular Hbond substituents is 2. The zero-order chi connectivity index (χ0) is 30.0. The Balaban J connectivity index is 1.86. The summed E-state index contributed by atoms with van der Waals surface area (Å²) in [7, 11) is 0. The summed E-state index contributed by atoms with van der Waals surface area (Å²) in [6, 6.07) is 0.833. The Morgan fingerprint density at radius 3 is 2.27 bits per heavy atom. The molecule has 0 amide bonds. The standard InChI is InChI=1S/C24H36O16/c1-2-3-4-5-10-11(20(32)33)6-12(27)15(28)19(10)39-21-18(31)17(30)16(29)13(38-21)8-37-24(36)22(34)23(35,9-26)14(7-25)40-24/h6,13-14,16-18,21-22,25-31,34-36H,2-5,7-9H2,1H3,(H,32,33). The molecule has 16 nitrogen and oxygen atoms in total. The van der Waals surface area contributed by atoms with Crippen LogP contribution in [0.4, 0.5) is 0 Å². The number of phenols is 2. The van der Waals surface area contributed by atoms with Crippen molar-refractivity contribution >= 4 is 5.97 Å². The molecule has 0 bridgehead atoms. The minimum atomic E-state index is -3.02. The number of rotatable bonds is 12. The van der Waals surface area contributed by atoms with Gasteiger partial charge in [0.05, 0.1) is 25.4 Å². The predicted octanol–water partition coefficient (Wildman–Crippen LogP) is -3.15. The van der Waals surface area contributed by atoms with Crippen LogP contribution in [0.3, 0.4) is 0 Å². The fourth-order valence-electron chi connectivity index (χ4n) is 4.62. The summed E-state index contributed by atoms with van der Waals surface area (Å²) < 4.78 is 21.1. The molecule has 2 aliphatic rings. The summed E-state index contributed by atoms with van der Waals surface area (Å²) in [5, 5.41) is 112. The summed E-state index contributed by atoms with van der Waals surface area (Å²) in [5.74, 6) is -6.71. The van der Waals surface area contributed by atoms with Crippen molar-refractivity contribution in [3.63, 3.8) is 0 Å². The van der Waals surface area contributed by atoms with Crippen molar-refractivity contribution in [2.45, 2.75) is 87.1 Å². The van der Waals surface area contributed by atoms with Gasteiger partial charge in [-0.05, 0) is 18.9 Å². The maximum atomic E-state index is 11.8. The Bertz CT molecular complexity index is 1040. The molecule has 228 valence electrons. The van der Waals surface area contributed by atoms with Crippen LogP contribution >= 0.6 is 0 Å². The Morgan fingerprint density at radius 2 is 1.73 bits per heavy atom. The molecule has 1 aromatic carbocycles. The summed E-state index contributed by atoms with van der Waals surface area (Å²) >= 11 is 0. The molecule has 1 aromatic rings. The number of aliphatic hydroxyl groups is 8. The monoisotopic (exact) mass is 580 g/mol. The first-order chi connectivity index (χ1) is 18.7. The van der Waals surface area contributed by atoms with E-state index in [0.29, 0.717) is 12.8 Å². The van der Waals surface area contributed by atoms with Crippen LogP contribution in [0.5, 0.6) is 17.2 Å². The van der Waals surface area contributed by atoms with E-state index in [9.17, 15) is 61.0 Å². The highest BCUT2D eigenvalue weighted by atomic mass is 16.8. The second-order valence-electron chi connectivity index (χ2n) is 9.78. The highest BCUT2D eigenvalue weighted by Crippen LogP contribution is 2.43. The molecule has 40 heavy (non-hydrogen) atoms. The lowest BCUT2D eigenvalue weighted by Gasteiger charge is -2.41. The van der Waals surface area contributed by atoms with Crippen LogP contribution in [-0.2, 0) is 20.6 Å².